The molecule has 11 heteroatoms. The number of aliphatic hydroxyl groups excluding tert-OH is 5. The molecule has 7 atom stereocenters. The van der Waals surface area contributed by atoms with Crippen molar-refractivity contribution in [3.63, 3.8) is 0 Å². The highest BCUT2D eigenvalue weighted by Crippen LogP contribution is 2.23. The number of carbonyl (C=O) groups is 2. The zero-order valence-corrected chi connectivity index (χ0v) is 41.3. The van der Waals surface area contributed by atoms with Crippen molar-refractivity contribution in [3.8, 4) is 0 Å². The Balaban J connectivity index is 2.17. The maximum atomic E-state index is 13.0. The summed E-state index contributed by atoms with van der Waals surface area (Å²) in [6, 6.07) is -0.817. The number of ether oxygens (including phenoxy) is 3. The molecule has 0 bridgehead atoms. The normalized spacial score (nSPS) is 19.9. The van der Waals surface area contributed by atoms with Crippen molar-refractivity contribution in [2.75, 3.05) is 19.8 Å². The molecule has 0 radical (unpaired) electrons. The number of rotatable bonds is 46. The molecule has 1 fully saturated rings. The molecule has 7 unspecified atom stereocenters. The Morgan fingerprint density at radius 2 is 0.984 bits per heavy atom. The van der Waals surface area contributed by atoms with Gasteiger partial charge in [0.05, 0.1) is 32.0 Å². The van der Waals surface area contributed by atoms with E-state index in [0.717, 1.165) is 70.6 Å². The number of nitrogens with one attached hydrogen (secondary N) is 1. The summed E-state index contributed by atoms with van der Waals surface area (Å²) >= 11 is 0. The Kier molecular flexibility index (Phi) is 41.5. The molecule has 1 aliphatic rings. The summed E-state index contributed by atoms with van der Waals surface area (Å²) in [4.78, 5) is 25.0. The van der Waals surface area contributed by atoms with Crippen molar-refractivity contribution in [2.24, 2.45) is 0 Å². The third-order valence-electron chi connectivity index (χ3n) is 12.9. The van der Waals surface area contributed by atoms with Gasteiger partial charge >= 0.3 is 5.97 Å². The molecule has 6 N–H and O–H groups in total. The van der Waals surface area contributed by atoms with Gasteiger partial charge in [-0.3, -0.25) is 9.59 Å². The summed E-state index contributed by atoms with van der Waals surface area (Å²) in [5.41, 5.74) is 0. The molecule has 0 aliphatic carbocycles. The summed E-state index contributed by atoms with van der Waals surface area (Å²) in [5, 5.41) is 54.2. The van der Waals surface area contributed by atoms with Gasteiger partial charge in [-0.25, -0.2) is 0 Å². The lowest BCUT2D eigenvalue weighted by Gasteiger charge is -2.40. The monoisotopic (exact) mass is 912 g/mol. The minimum absolute atomic E-state index is 0.0278. The fourth-order valence-corrected chi connectivity index (χ4v) is 8.55. The van der Waals surface area contributed by atoms with Crippen LogP contribution in [0.1, 0.15) is 251 Å². The Morgan fingerprint density at radius 3 is 1.45 bits per heavy atom. The molecule has 11 nitrogen and oxygen atoms in total. The van der Waals surface area contributed by atoms with Gasteiger partial charge in [-0.15, -0.1) is 0 Å². The predicted molar refractivity (Wildman–Crippen MR) is 260 cm³/mol. The second-order valence-corrected chi connectivity index (χ2v) is 18.9. The van der Waals surface area contributed by atoms with E-state index >= 15 is 0 Å². The number of allylic oxidation sites excluding steroid dienone is 1. The van der Waals surface area contributed by atoms with Crippen LogP contribution in [-0.2, 0) is 23.8 Å². The average Bonchev–Trinajstić information content (AvgIpc) is 3.29. The van der Waals surface area contributed by atoms with E-state index in [1.165, 1.54) is 154 Å². The van der Waals surface area contributed by atoms with Crippen LogP contribution in [0.25, 0.3) is 0 Å². The maximum absolute atomic E-state index is 13.0. The summed E-state index contributed by atoms with van der Waals surface area (Å²) in [6.45, 7) is 4.29. The number of carbonyl (C=O) groups excluding carboxylic acids is 2. The Morgan fingerprint density at radius 1 is 0.562 bits per heavy atom. The Bertz CT molecular complexity index is 1080. The fourth-order valence-electron chi connectivity index (χ4n) is 8.55. The van der Waals surface area contributed by atoms with E-state index in [1.807, 2.05) is 6.08 Å². The number of hydrogen-bond donors (Lipinski definition) is 6. The molecule has 0 spiro atoms. The highest BCUT2D eigenvalue weighted by atomic mass is 16.7. The second-order valence-electron chi connectivity index (χ2n) is 18.9. The van der Waals surface area contributed by atoms with Crippen molar-refractivity contribution in [1.29, 1.82) is 0 Å². The van der Waals surface area contributed by atoms with Crippen LogP contribution in [-0.4, -0.2) is 100 Å². The van der Waals surface area contributed by atoms with E-state index in [1.54, 1.807) is 6.08 Å². The molecule has 64 heavy (non-hydrogen) atoms. The van der Waals surface area contributed by atoms with Gasteiger partial charge in [0.25, 0.3) is 0 Å². The van der Waals surface area contributed by atoms with Gasteiger partial charge < -0.3 is 45.1 Å². The van der Waals surface area contributed by atoms with E-state index in [2.05, 4.69) is 19.2 Å². The van der Waals surface area contributed by atoms with Crippen molar-refractivity contribution in [2.45, 2.75) is 294 Å². The topological polar surface area (TPSA) is 175 Å². The molecule has 1 amide bonds. The molecule has 0 aromatic carbocycles. The molecular weight excluding hydrogens is 811 g/mol. The zero-order chi connectivity index (χ0) is 46.7. The molecule has 0 aromatic rings. The molecule has 0 aromatic heterocycles. The largest absolute Gasteiger partial charge is 0.466 e. The van der Waals surface area contributed by atoms with E-state index in [4.69, 9.17) is 14.2 Å². The first-order chi connectivity index (χ1) is 31.2. The van der Waals surface area contributed by atoms with Gasteiger partial charge in [0.15, 0.2) is 6.29 Å². The van der Waals surface area contributed by atoms with Crippen molar-refractivity contribution >= 4 is 11.9 Å². The van der Waals surface area contributed by atoms with Gasteiger partial charge in [-0.05, 0) is 32.1 Å². The van der Waals surface area contributed by atoms with E-state index in [-0.39, 0.29) is 18.5 Å². The number of amides is 1. The number of aliphatic hydroxyl groups is 5. The number of esters is 1. The third-order valence-corrected chi connectivity index (χ3v) is 12.9. The molecule has 0 saturated carbocycles. The van der Waals surface area contributed by atoms with Gasteiger partial charge in [0.2, 0.25) is 5.91 Å². The van der Waals surface area contributed by atoms with Gasteiger partial charge in [-0.1, -0.05) is 219 Å². The molecule has 1 aliphatic heterocycles. The highest BCUT2D eigenvalue weighted by molar-refractivity contribution is 5.76. The van der Waals surface area contributed by atoms with Gasteiger partial charge in [0, 0.05) is 12.8 Å². The summed E-state index contributed by atoms with van der Waals surface area (Å²) in [5.74, 6) is -0.222. The maximum Gasteiger partial charge on any atom is 0.305 e. The van der Waals surface area contributed by atoms with Crippen LogP contribution >= 0.6 is 0 Å². The van der Waals surface area contributed by atoms with Crippen LogP contribution < -0.4 is 5.32 Å². The number of unbranched alkanes of at least 4 members (excludes halogenated alkanes) is 32. The summed E-state index contributed by atoms with van der Waals surface area (Å²) in [6.07, 6.45) is 38.5. The van der Waals surface area contributed by atoms with E-state index < -0.39 is 49.5 Å². The third kappa shape index (κ3) is 33.8. The Labute approximate surface area is 391 Å². The van der Waals surface area contributed by atoms with Gasteiger partial charge in [-0.2, -0.15) is 0 Å². The molecular formula is C53H101NO10. The van der Waals surface area contributed by atoms with Crippen LogP contribution in [0.5, 0.6) is 0 Å². The van der Waals surface area contributed by atoms with Gasteiger partial charge in [0.1, 0.15) is 24.4 Å². The SMILES string of the molecule is CCCCCCCCCCCC/C=C/C(O)C(COC1OC(CO)C(O)C(O)C1O)NC(=O)CCCCCCCCCCCCCCCOC(=O)CCCCCCCCCCCCC. The Hall–Kier alpha value is -1.60. The second kappa shape index (κ2) is 43.9. The minimum Gasteiger partial charge on any atom is -0.466 e. The van der Waals surface area contributed by atoms with Crippen LogP contribution in [0.15, 0.2) is 12.2 Å². The standard InChI is InChI=1S/C53H101NO10/c1-3-5-7-9-11-13-15-20-23-27-31-35-39-46(56)45(44-63-53-52(61)51(60)50(59)47(43-55)64-53)54-48(57)40-36-32-28-24-21-17-16-18-22-26-30-34-38-42-62-49(58)41-37-33-29-25-19-14-12-10-8-6-4-2/h35,39,45-47,50-53,55-56,59-61H,3-34,36-38,40-44H2,1-2H3,(H,54,57)/b39-35+. The van der Waals surface area contributed by atoms with Crippen LogP contribution in [0.3, 0.4) is 0 Å². The lowest BCUT2D eigenvalue weighted by atomic mass is 9.99. The van der Waals surface area contributed by atoms with Crippen LogP contribution in [0.2, 0.25) is 0 Å². The fraction of sp³-hybridized carbons (Fsp3) is 0.925. The number of hydrogen-bond acceptors (Lipinski definition) is 10. The zero-order valence-electron chi connectivity index (χ0n) is 41.3. The first-order valence-corrected chi connectivity index (χ1v) is 27.0. The van der Waals surface area contributed by atoms with Crippen molar-refractivity contribution in [3.05, 3.63) is 12.2 Å². The smallest absolute Gasteiger partial charge is 0.305 e. The first kappa shape index (κ1) is 60.4. The van der Waals surface area contributed by atoms with Crippen LogP contribution in [0.4, 0.5) is 0 Å². The van der Waals surface area contributed by atoms with E-state index in [9.17, 15) is 35.1 Å². The summed E-state index contributed by atoms with van der Waals surface area (Å²) < 4.78 is 16.7. The molecule has 1 rings (SSSR count). The minimum atomic E-state index is -1.57. The predicted octanol–water partition coefficient (Wildman–Crippen LogP) is 11.2. The highest BCUT2D eigenvalue weighted by Gasteiger charge is 2.44. The summed E-state index contributed by atoms with van der Waals surface area (Å²) in [7, 11) is 0. The lowest BCUT2D eigenvalue weighted by molar-refractivity contribution is -0.302. The van der Waals surface area contributed by atoms with Crippen molar-refractivity contribution < 1.29 is 49.3 Å². The average molecular weight is 912 g/mol. The lowest BCUT2D eigenvalue weighted by Crippen LogP contribution is -2.60. The van der Waals surface area contributed by atoms with Crippen LogP contribution in [0, 0.1) is 0 Å². The molecule has 1 saturated heterocycles. The van der Waals surface area contributed by atoms with Crippen molar-refractivity contribution in [1.82, 2.24) is 5.32 Å². The quantitative estimate of drug-likeness (QED) is 0.0196. The first-order valence-electron chi connectivity index (χ1n) is 27.0. The molecule has 378 valence electrons. The van der Waals surface area contributed by atoms with E-state index in [0.29, 0.717) is 19.4 Å². The molecule has 1 heterocycles.